The number of hydrogen-bond acceptors (Lipinski definition) is 6. The lowest BCUT2D eigenvalue weighted by atomic mass is 10.1. The smallest absolute Gasteiger partial charge is 0.408 e. The van der Waals surface area contributed by atoms with Crippen molar-refractivity contribution in [3.63, 3.8) is 0 Å². The van der Waals surface area contributed by atoms with Crippen molar-refractivity contribution in [2.45, 2.75) is 70.1 Å². The second-order valence-electron chi connectivity index (χ2n) is 9.74. The molecular formula is C27H34Cl2N4O4. The van der Waals surface area contributed by atoms with Crippen molar-refractivity contribution in [1.82, 2.24) is 15.2 Å². The topological polar surface area (TPSA) is 104 Å². The van der Waals surface area contributed by atoms with Crippen LogP contribution in [0.4, 0.5) is 10.6 Å². The van der Waals surface area contributed by atoms with Gasteiger partial charge in [-0.3, -0.25) is 0 Å². The molecule has 1 aromatic heterocycles. The van der Waals surface area contributed by atoms with Crippen LogP contribution in [0.25, 0.3) is 0 Å². The minimum atomic E-state index is -1.08. The maximum Gasteiger partial charge on any atom is 0.408 e. The summed E-state index contributed by atoms with van der Waals surface area (Å²) in [4.78, 5) is 31.1. The van der Waals surface area contributed by atoms with E-state index in [9.17, 15) is 14.7 Å². The summed E-state index contributed by atoms with van der Waals surface area (Å²) in [7, 11) is 0. The Bertz CT molecular complexity index is 1080. The molecule has 8 nitrogen and oxygen atoms in total. The maximum absolute atomic E-state index is 12.2. The van der Waals surface area contributed by atoms with Gasteiger partial charge in [0, 0.05) is 34.9 Å². The first-order valence-corrected chi connectivity index (χ1v) is 13.7. The lowest BCUT2D eigenvalue weighted by molar-refractivity contribution is -0.139. The number of carboxylic acids is 1. The van der Waals surface area contributed by atoms with Gasteiger partial charge in [0.2, 0.25) is 0 Å². The third kappa shape index (κ3) is 8.76. The standard InChI is InChI=1S/C27H34Cl2N4O4/c28-20-14-18(15-21(29)16-20)17-37-27(36)32-24(26(34)35)10-13-33(23-8-9-23)12-2-1-5-22-7-6-19-4-3-11-30-25(19)31-22/h6-7,14-16,23-24H,1-5,8-13,17H2,(H,30,31)(H,32,36)(H,34,35)/t24-/m0/s1. The molecule has 0 bridgehead atoms. The largest absolute Gasteiger partial charge is 0.480 e. The summed E-state index contributed by atoms with van der Waals surface area (Å²) in [6.45, 7) is 2.44. The van der Waals surface area contributed by atoms with Gasteiger partial charge in [-0.05, 0) is 93.3 Å². The van der Waals surface area contributed by atoms with E-state index in [0.29, 0.717) is 34.6 Å². The molecule has 10 heteroatoms. The molecule has 1 aliphatic carbocycles. The summed E-state index contributed by atoms with van der Waals surface area (Å²) in [6.07, 6.45) is 7.00. The highest BCUT2D eigenvalue weighted by molar-refractivity contribution is 6.34. The van der Waals surface area contributed by atoms with E-state index in [1.54, 1.807) is 18.2 Å². The maximum atomic E-state index is 12.2. The minimum absolute atomic E-state index is 0.0538. The number of pyridine rings is 1. The molecule has 1 amide bonds. The van der Waals surface area contributed by atoms with Crippen molar-refractivity contribution in [1.29, 1.82) is 0 Å². The van der Waals surface area contributed by atoms with E-state index in [-0.39, 0.29) is 6.61 Å². The lowest BCUT2D eigenvalue weighted by Gasteiger charge is -2.24. The number of carboxylic acid groups (broad SMARTS) is 1. The number of rotatable bonds is 13. The third-order valence-corrected chi connectivity index (χ3v) is 7.17. The van der Waals surface area contributed by atoms with Gasteiger partial charge in [-0.1, -0.05) is 29.3 Å². The number of carbonyl (C=O) groups is 2. The van der Waals surface area contributed by atoms with Crippen LogP contribution in [0.1, 0.15) is 55.3 Å². The van der Waals surface area contributed by atoms with Gasteiger partial charge in [-0.15, -0.1) is 0 Å². The zero-order chi connectivity index (χ0) is 26.2. The highest BCUT2D eigenvalue weighted by Crippen LogP contribution is 2.28. The normalized spacial score (nSPS) is 15.5. The number of unbranched alkanes of at least 4 members (excludes halogenated alkanes) is 1. The second-order valence-corrected chi connectivity index (χ2v) is 10.6. The molecule has 0 unspecified atom stereocenters. The molecule has 1 fully saturated rings. The molecule has 0 radical (unpaired) electrons. The van der Waals surface area contributed by atoms with Crippen molar-refractivity contribution in [2.24, 2.45) is 0 Å². The van der Waals surface area contributed by atoms with E-state index in [1.807, 2.05) is 0 Å². The highest BCUT2D eigenvalue weighted by Gasteiger charge is 2.30. The van der Waals surface area contributed by atoms with Gasteiger partial charge in [0.05, 0.1) is 0 Å². The van der Waals surface area contributed by atoms with Crippen LogP contribution < -0.4 is 10.6 Å². The molecule has 1 atom stereocenters. The van der Waals surface area contributed by atoms with Crippen molar-refractivity contribution >= 4 is 41.1 Å². The molecule has 2 heterocycles. The van der Waals surface area contributed by atoms with Crippen molar-refractivity contribution in [3.8, 4) is 0 Å². The second kappa shape index (κ2) is 13.3. The Kier molecular flexibility index (Phi) is 9.88. The molecule has 2 aromatic rings. The molecule has 1 saturated carbocycles. The molecular weight excluding hydrogens is 515 g/mol. The number of nitrogens with zero attached hydrogens (tertiary/aromatic N) is 2. The first-order valence-electron chi connectivity index (χ1n) is 12.9. The van der Waals surface area contributed by atoms with Gasteiger partial charge < -0.3 is 25.4 Å². The van der Waals surface area contributed by atoms with Gasteiger partial charge in [0.25, 0.3) is 0 Å². The van der Waals surface area contributed by atoms with Gasteiger partial charge in [0.1, 0.15) is 18.5 Å². The van der Waals surface area contributed by atoms with Gasteiger partial charge in [0.15, 0.2) is 0 Å². The number of carbonyl (C=O) groups excluding carboxylic acids is 1. The number of aryl methyl sites for hydroxylation is 2. The number of benzene rings is 1. The molecule has 37 heavy (non-hydrogen) atoms. The molecule has 3 N–H and O–H groups in total. The Morgan fingerprint density at radius 1 is 1.16 bits per heavy atom. The predicted octanol–water partition coefficient (Wildman–Crippen LogP) is 5.30. The van der Waals surface area contributed by atoms with Gasteiger partial charge in [-0.25, -0.2) is 14.6 Å². The Morgan fingerprint density at radius 2 is 1.95 bits per heavy atom. The fourth-order valence-electron chi connectivity index (χ4n) is 4.63. The summed E-state index contributed by atoms with van der Waals surface area (Å²) in [5.74, 6) is -0.0453. The molecule has 0 saturated heterocycles. The van der Waals surface area contributed by atoms with Crippen LogP contribution in [0, 0.1) is 0 Å². The van der Waals surface area contributed by atoms with E-state index in [1.165, 1.54) is 5.56 Å². The van der Waals surface area contributed by atoms with Crippen LogP contribution in [0.2, 0.25) is 10.0 Å². The van der Waals surface area contributed by atoms with Crippen molar-refractivity contribution in [3.05, 3.63) is 57.2 Å². The first-order chi connectivity index (χ1) is 17.9. The predicted molar refractivity (Wildman–Crippen MR) is 144 cm³/mol. The molecule has 4 rings (SSSR count). The molecule has 200 valence electrons. The SMILES string of the molecule is O=C(N[C@@H](CCN(CCCCc1ccc2c(n1)NCCC2)C1CC1)C(=O)O)OCc1cc(Cl)cc(Cl)c1. The quantitative estimate of drug-likeness (QED) is 0.291. The van der Waals surface area contributed by atoms with E-state index < -0.39 is 18.1 Å². The van der Waals surface area contributed by atoms with Crippen LogP contribution in [0.3, 0.4) is 0 Å². The summed E-state index contributed by atoms with van der Waals surface area (Å²) in [6, 6.07) is 8.66. The van der Waals surface area contributed by atoms with Crippen LogP contribution in [0.15, 0.2) is 30.3 Å². The fraction of sp³-hybridized carbons (Fsp3) is 0.519. The van der Waals surface area contributed by atoms with Gasteiger partial charge >= 0.3 is 12.1 Å². The van der Waals surface area contributed by atoms with Crippen molar-refractivity contribution < 1.29 is 19.4 Å². The number of alkyl carbamates (subject to hydrolysis) is 1. The summed E-state index contributed by atoms with van der Waals surface area (Å²) in [5, 5.41) is 16.4. The number of anilines is 1. The van der Waals surface area contributed by atoms with Crippen molar-refractivity contribution in [2.75, 3.05) is 25.0 Å². The molecule has 0 spiro atoms. The number of hydrogen-bond donors (Lipinski definition) is 3. The number of aromatic nitrogens is 1. The van der Waals surface area contributed by atoms with E-state index in [0.717, 1.165) is 69.5 Å². The van der Waals surface area contributed by atoms with Crippen LogP contribution in [-0.2, 0) is 29.0 Å². The van der Waals surface area contributed by atoms with E-state index >= 15 is 0 Å². The van der Waals surface area contributed by atoms with Crippen LogP contribution >= 0.6 is 23.2 Å². The zero-order valence-electron chi connectivity index (χ0n) is 20.8. The third-order valence-electron chi connectivity index (χ3n) is 6.73. The molecule has 1 aliphatic heterocycles. The Hall–Kier alpha value is -2.55. The van der Waals surface area contributed by atoms with E-state index in [2.05, 4.69) is 27.7 Å². The monoisotopic (exact) mass is 548 g/mol. The summed E-state index contributed by atoms with van der Waals surface area (Å²) >= 11 is 11.9. The first kappa shape index (κ1) is 27.5. The minimum Gasteiger partial charge on any atom is -0.480 e. The van der Waals surface area contributed by atoms with Crippen LogP contribution in [0.5, 0.6) is 0 Å². The zero-order valence-corrected chi connectivity index (χ0v) is 22.4. The number of nitrogens with one attached hydrogen (secondary N) is 2. The summed E-state index contributed by atoms with van der Waals surface area (Å²) in [5.41, 5.74) is 3.04. The molecule has 2 aliphatic rings. The average molecular weight is 549 g/mol. The van der Waals surface area contributed by atoms with E-state index in [4.69, 9.17) is 32.9 Å². The highest BCUT2D eigenvalue weighted by atomic mass is 35.5. The lowest BCUT2D eigenvalue weighted by Crippen LogP contribution is -2.43. The van der Waals surface area contributed by atoms with Gasteiger partial charge in [-0.2, -0.15) is 0 Å². The van der Waals surface area contributed by atoms with Crippen LogP contribution in [-0.4, -0.2) is 58.8 Å². The molecule has 1 aromatic carbocycles. The Labute approximate surface area is 227 Å². The number of ether oxygens (including phenoxy) is 1. The Balaban J connectivity index is 1.19. The number of fused-ring (bicyclic) bond motifs is 1. The Morgan fingerprint density at radius 3 is 2.68 bits per heavy atom. The number of amides is 1. The fourth-order valence-corrected chi connectivity index (χ4v) is 5.20. The number of aliphatic carboxylic acids is 1. The average Bonchev–Trinajstić information content (AvgIpc) is 3.71. The summed E-state index contributed by atoms with van der Waals surface area (Å²) < 4.78 is 5.19. The number of halogens is 2.